The van der Waals surface area contributed by atoms with E-state index in [0.29, 0.717) is 22.4 Å². The van der Waals surface area contributed by atoms with Crippen molar-refractivity contribution in [3.05, 3.63) is 236 Å². The van der Waals surface area contributed by atoms with Gasteiger partial charge >= 0.3 is 0 Å². The summed E-state index contributed by atoms with van der Waals surface area (Å²) < 4.78 is 77.2. The van der Waals surface area contributed by atoms with Crippen molar-refractivity contribution in [2.24, 2.45) is 0 Å². The number of anilines is 3. The lowest BCUT2D eigenvalue weighted by Crippen LogP contribution is -2.11. The van der Waals surface area contributed by atoms with Crippen molar-refractivity contribution in [3.8, 4) is 55.6 Å². The van der Waals surface area contributed by atoms with Gasteiger partial charge in [-0.15, -0.1) is 0 Å². The summed E-state index contributed by atoms with van der Waals surface area (Å²) in [5, 5.41) is 4.08. The Labute approximate surface area is 345 Å². The molecule has 0 aliphatic heterocycles. The highest BCUT2D eigenvalue weighted by Gasteiger charge is 2.18. The second-order valence-corrected chi connectivity index (χ2v) is 13.9. The Bertz CT molecular complexity index is 3400. The average molecular weight is 734 g/mol. The van der Waals surface area contributed by atoms with E-state index in [1.54, 1.807) is 24.3 Å². The molecule has 0 atom stereocenters. The molecule has 0 unspecified atom stereocenters. The first-order valence-electron chi connectivity index (χ1n) is 22.9. The minimum absolute atomic E-state index is 0.102. The van der Waals surface area contributed by atoms with E-state index >= 15 is 0 Å². The molecule has 1 nitrogen and oxygen atoms in total. The van der Waals surface area contributed by atoms with Crippen molar-refractivity contribution >= 4 is 38.6 Å². The summed E-state index contributed by atoms with van der Waals surface area (Å²) in [5.74, 6) is 0. The van der Waals surface area contributed by atoms with Crippen molar-refractivity contribution in [1.29, 1.82) is 0 Å². The van der Waals surface area contributed by atoms with E-state index in [1.807, 2.05) is 140 Å². The Kier molecular flexibility index (Phi) is 6.92. The number of fused-ring (bicyclic) bond motifs is 2. The van der Waals surface area contributed by atoms with E-state index in [1.165, 1.54) is 4.90 Å². The van der Waals surface area contributed by atoms with Crippen molar-refractivity contribution in [1.82, 2.24) is 0 Å². The third kappa shape index (κ3) is 6.66. The Balaban J connectivity index is 1.19. The van der Waals surface area contributed by atoms with Crippen molar-refractivity contribution in [2.45, 2.75) is 0 Å². The minimum Gasteiger partial charge on any atom is -0.310 e. The molecule has 0 bridgehead atoms. The first kappa shape index (κ1) is 26.3. The van der Waals surface area contributed by atoms with Crippen LogP contribution in [-0.2, 0) is 0 Å². The maximum absolute atomic E-state index is 9.78. The fourth-order valence-electron chi connectivity index (χ4n) is 7.59. The number of hydrogen-bond acceptors (Lipinski definition) is 1. The van der Waals surface area contributed by atoms with Gasteiger partial charge in [0.15, 0.2) is 0 Å². The SMILES string of the molecule is [2H]c1c([2H])c(N(c2ccccc2-c2ccccc2)c2c([2H])c([2H])c(-c3ccc4ccccc4c3-c3ccccc3)c([2H])c2[2H])c([2H])c([2H])c1-c1ccc(-c2ccc3ccccc3c2)cc1. The molecule has 57 heavy (non-hydrogen) atoms. The van der Waals surface area contributed by atoms with Gasteiger partial charge in [0.25, 0.3) is 0 Å². The van der Waals surface area contributed by atoms with Crippen LogP contribution in [0, 0.1) is 0 Å². The molecular formula is C56H39N. The van der Waals surface area contributed by atoms with Crippen LogP contribution >= 0.6 is 0 Å². The molecule has 268 valence electrons. The van der Waals surface area contributed by atoms with Gasteiger partial charge in [0.1, 0.15) is 0 Å². The minimum atomic E-state index is -0.402. The van der Waals surface area contributed by atoms with Gasteiger partial charge < -0.3 is 4.90 Å². The summed E-state index contributed by atoms with van der Waals surface area (Å²) >= 11 is 0. The third-order valence-corrected chi connectivity index (χ3v) is 10.4. The van der Waals surface area contributed by atoms with Crippen molar-refractivity contribution < 1.29 is 11.0 Å². The zero-order valence-electron chi connectivity index (χ0n) is 38.8. The van der Waals surface area contributed by atoms with Crippen LogP contribution in [0.15, 0.2) is 236 Å². The maximum atomic E-state index is 9.78. The Morgan fingerprint density at radius 3 is 1.51 bits per heavy atom. The largest absolute Gasteiger partial charge is 0.310 e. The van der Waals surface area contributed by atoms with Gasteiger partial charge in [-0.05, 0) is 108 Å². The quantitative estimate of drug-likeness (QED) is 0.150. The molecule has 0 saturated carbocycles. The molecule has 0 radical (unpaired) electrons. The first-order chi connectivity index (χ1) is 31.6. The standard InChI is InChI=1S/C56H39N/c1-3-14-44(15-4-1)52-20-11-12-22-55(52)57(50-34-29-42(30-35-50)41-23-25-43(26-24-41)49-28-27-40-13-7-8-19-48(40)39-49)51-36-31-46(32-37-51)54-38-33-45-16-9-10-21-53(45)56(54)47-17-5-2-6-18-47/h1-39H/i29D,30D,31D,32D,34D,35D,36D,37D. The van der Waals surface area contributed by atoms with E-state index < -0.39 is 24.2 Å². The number of para-hydroxylation sites is 1. The lowest BCUT2D eigenvalue weighted by molar-refractivity contribution is 1.28. The summed E-state index contributed by atoms with van der Waals surface area (Å²) in [7, 11) is 0. The topological polar surface area (TPSA) is 3.24 Å². The number of rotatable bonds is 8. The molecule has 0 aliphatic carbocycles. The number of hydrogen-bond donors (Lipinski definition) is 0. The zero-order valence-corrected chi connectivity index (χ0v) is 30.8. The fraction of sp³-hybridized carbons (Fsp3) is 0. The molecule has 0 spiro atoms. The Morgan fingerprint density at radius 1 is 0.298 bits per heavy atom. The second-order valence-electron chi connectivity index (χ2n) is 13.9. The van der Waals surface area contributed by atoms with Gasteiger partial charge in [-0.3, -0.25) is 0 Å². The monoisotopic (exact) mass is 733 g/mol. The van der Waals surface area contributed by atoms with Gasteiger partial charge in [-0.2, -0.15) is 0 Å². The van der Waals surface area contributed by atoms with Crippen LogP contribution in [-0.4, -0.2) is 0 Å². The molecular weight excluding hydrogens is 687 g/mol. The van der Waals surface area contributed by atoms with Crippen molar-refractivity contribution in [3.63, 3.8) is 0 Å². The molecule has 10 aromatic carbocycles. The van der Waals surface area contributed by atoms with E-state index in [9.17, 15) is 11.0 Å². The molecule has 0 amide bonds. The van der Waals surface area contributed by atoms with Crippen LogP contribution in [0.2, 0.25) is 0 Å². The lowest BCUT2D eigenvalue weighted by atomic mass is 9.89. The fourth-order valence-corrected chi connectivity index (χ4v) is 7.59. The predicted octanol–water partition coefficient (Wildman–Crippen LogP) is 15.8. The van der Waals surface area contributed by atoms with Crippen molar-refractivity contribution in [2.75, 3.05) is 4.90 Å². The molecule has 0 aliphatic rings. The summed E-state index contributed by atoms with van der Waals surface area (Å²) in [5.41, 5.74) is 6.11. The summed E-state index contributed by atoms with van der Waals surface area (Å²) in [6, 6.07) is 56.9. The zero-order chi connectivity index (χ0) is 44.9. The summed E-state index contributed by atoms with van der Waals surface area (Å²) in [6.07, 6.45) is 0. The van der Waals surface area contributed by atoms with E-state index in [0.717, 1.165) is 49.4 Å². The Morgan fingerprint density at radius 2 is 0.807 bits per heavy atom. The van der Waals surface area contributed by atoms with Gasteiger partial charge in [-0.25, -0.2) is 0 Å². The van der Waals surface area contributed by atoms with Crippen LogP contribution in [0.5, 0.6) is 0 Å². The van der Waals surface area contributed by atoms with E-state index in [2.05, 4.69) is 24.3 Å². The van der Waals surface area contributed by atoms with E-state index in [4.69, 9.17) is 0 Å². The van der Waals surface area contributed by atoms with Gasteiger partial charge in [0, 0.05) is 16.9 Å². The first-order valence-corrected chi connectivity index (χ1v) is 18.9. The normalized spacial score (nSPS) is 13.1. The smallest absolute Gasteiger partial charge is 0.0645 e. The highest BCUT2D eigenvalue weighted by molar-refractivity contribution is 6.04. The molecule has 0 heterocycles. The molecule has 0 fully saturated rings. The summed E-state index contributed by atoms with van der Waals surface area (Å²) in [4.78, 5) is 1.39. The van der Waals surface area contributed by atoms with Crippen LogP contribution in [0.3, 0.4) is 0 Å². The third-order valence-electron chi connectivity index (χ3n) is 10.4. The number of nitrogens with zero attached hydrogens (tertiary/aromatic N) is 1. The highest BCUT2D eigenvalue weighted by atomic mass is 15.1. The maximum Gasteiger partial charge on any atom is 0.0645 e. The number of benzene rings is 10. The van der Waals surface area contributed by atoms with E-state index in [-0.39, 0.29) is 46.7 Å². The van der Waals surface area contributed by atoms with Crippen LogP contribution in [0.1, 0.15) is 11.0 Å². The van der Waals surface area contributed by atoms with Crippen LogP contribution < -0.4 is 4.90 Å². The van der Waals surface area contributed by atoms with Gasteiger partial charge in [0.05, 0.1) is 16.7 Å². The molecule has 0 saturated heterocycles. The highest BCUT2D eigenvalue weighted by Crippen LogP contribution is 2.43. The summed E-state index contributed by atoms with van der Waals surface area (Å²) in [6.45, 7) is 0. The molecule has 10 rings (SSSR count). The van der Waals surface area contributed by atoms with Gasteiger partial charge in [-0.1, -0.05) is 200 Å². The molecule has 1 heteroatoms. The Hall–Kier alpha value is -7.48. The second kappa shape index (κ2) is 15.0. The molecule has 10 aromatic rings. The molecule has 0 N–H and O–H groups in total. The van der Waals surface area contributed by atoms with Crippen LogP contribution in [0.25, 0.3) is 77.2 Å². The average Bonchev–Trinajstić information content (AvgIpc) is 3.35. The van der Waals surface area contributed by atoms with Gasteiger partial charge in [0.2, 0.25) is 0 Å². The lowest BCUT2D eigenvalue weighted by Gasteiger charge is -2.28. The molecule has 0 aromatic heterocycles. The van der Waals surface area contributed by atoms with Crippen LogP contribution in [0.4, 0.5) is 17.1 Å². The predicted molar refractivity (Wildman–Crippen MR) is 243 cm³/mol.